The number of hydrogen-bond donors (Lipinski definition) is 2. The summed E-state index contributed by atoms with van der Waals surface area (Å²) in [7, 11) is 1.63. The van der Waals surface area contributed by atoms with Gasteiger partial charge < -0.3 is 35.1 Å². The summed E-state index contributed by atoms with van der Waals surface area (Å²) in [6, 6.07) is 11.1. The maximum atomic E-state index is 13.3. The maximum Gasteiger partial charge on any atom is 0.410 e. The van der Waals surface area contributed by atoms with Crippen LogP contribution in [0, 0.1) is 0 Å². The van der Waals surface area contributed by atoms with Crippen molar-refractivity contribution >= 4 is 23.6 Å². The van der Waals surface area contributed by atoms with Gasteiger partial charge in [0.25, 0.3) is 5.91 Å². The number of ether oxygens (including phenoxy) is 3. The zero-order valence-electron chi connectivity index (χ0n) is 26.7. The van der Waals surface area contributed by atoms with Crippen LogP contribution in [0.1, 0.15) is 75.9 Å². The van der Waals surface area contributed by atoms with E-state index in [0.29, 0.717) is 49.4 Å². The normalized spacial score (nSPS) is 13.3. The van der Waals surface area contributed by atoms with E-state index in [2.05, 4.69) is 16.3 Å². The number of nitrogens with one attached hydrogen (secondary N) is 1. The summed E-state index contributed by atoms with van der Waals surface area (Å²) in [6.45, 7) is 13.3. The topological polar surface area (TPSA) is 123 Å². The van der Waals surface area contributed by atoms with Crippen molar-refractivity contribution < 1.29 is 28.6 Å². The number of amides is 3. The van der Waals surface area contributed by atoms with E-state index in [1.54, 1.807) is 11.9 Å². The lowest BCUT2D eigenvalue weighted by molar-refractivity contribution is -0.120. The first-order valence-corrected chi connectivity index (χ1v) is 15.1. The number of para-hydroxylation sites is 2. The van der Waals surface area contributed by atoms with Crippen molar-refractivity contribution in [2.75, 3.05) is 38.2 Å². The van der Waals surface area contributed by atoms with Crippen LogP contribution >= 0.6 is 0 Å². The van der Waals surface area contributed by atoms with Gasteiger partial charge in [-0.1, -0.05) is 18.2 Å². The molecule has 3 N–H and O–H groups in total. The molecule has 0 saturated carbocycles. The molecule has 2 aromatic rings. The van der Waals surface area contributed by atoms with Crippen LogP contribution in [0.25, 0.3) is 0 Å². The number of carbonyl (C=O) groups excluding carboxylic acids is 3. The average molecular weight is 597 g/mol. The Hall–Kier alpha value is -3.95. The molecule has 1 aliphatic heterocycles. The average Bonchev–Trinajstić information content (AvgIpc) is 3.32. The van der Waals surface area contributed by atoms with Gasteiger partial charge in [0.1, 0.15) is 12.2 Å². The lowest BCUT2D eigenvalue weighted by Crippen LogP contribution is -2.45. The van der Waals surface area contributed by atoms with E-state index in [1.165, 1.54) is 0 Å². The van der Waals surface area contributed by atoms with Gasteiger partial charge in [0.05, 0.1) is 23.9 Å². The van der Waals surface area contributed by atoms with Crippen LogP contribution in [0.15, 0.2) is 36.4 Å². The summed E-state index contributed by atoms with van der Waals surface area (Å²) in [5.41, 5.74) is 8.46. The number of nitrogens with zero attached hydrogens (tertiary/aromatic N) is 2. The predicted octanol–water partition coefficient (Wildman–Crippen LogP) is 4.71. The first-order valence-electron chi connectivity index (χ1n) is 15.1. The van der Waals surface area contributed by atoms with Crippen LogP contribution in [-0.4, -0.2) is 73.8 Å². The fourth-order valence-corrected chi connectivity index (χ4v) is 5.21. The Labute approximate surface area is 255 Å². The molecule has 10 heteroatoms. The molecule has 43 heavy (non-hydrogen) atoms. The molecule has 3 rings (SSSR count). The molecule has 1 atom stereocenters. The summed E-state index contributed by atoms with van der Waals surface area (Å²) < 4.78 is 17.7. The third-order valence-electron chi connectivity index (χ3n) is 7.08. The highest BCUT2D eigenvalue weighted by Crippen LogP contribution is 2.34. The lowest BCUT2D eigenvalue weighted by atomic mass is 9.97. The fourth-order valence-electron chi connectivity index (χ4n) is 5.21. The maximum absolute atomic E-state index is 13.3. The molecule has 0 bridgehead atoms. The second kappa shape index (κ2) is 15.0. The minimum Gasteiger partial charge on any atom is -0.488 e. The van der Waals surface area contributed by atoms with Gasteiger partial charge in [-0.05, 0) is 90.1 Å². The van der Waals surface area contributed by atoms with Gasteiger partial charge in [-0.15, -0.1) is 0 Å². The van der Waals surface area contributed by atoms with E-state index in [1.807, 2.05) is 71.9 Å². The number of nitrogens with two attached hydrogens (primary N) is 1. The summed E-state index contributed by atoms with van der Waals surface area (Å²) in [6.07, 6.45) is 1.93. The number of hydrogen-bond acceptors (Lipinski definition) is 7. The quantitative estimate of drug-likeness (QED) is 0.324. The summed E-state index contributed by atoms with van der Waals surface area (Å²) >= 11 is 0. The smallest absolute Gasteiger partial charge is 0.410 e. The van der Waals surface area contributed by atoms with Crippen molar-refractivity contribution in [3.8, 4) is 11.5 Å². The molecular formula is C33H48N4O6. The van der Waals surface area contributed by atoms with Crippen LogP contribution in [0.4, 0.5) is 10.5 Å². The Morgan fingerprint density at radius 2 is 1.79 bits per heavy atom. The molecule has 10 nitrogen and oxygen atoms in total. The van der Waals surface area contributed by atoms with Crippen LogP contribution in [0.2, 0.25) is 0 Å². The van der Waals surface area contributed by atoms with E-state index in [4.69, 9.17) is 19.9 Å². The highest BCUT2D eigenvalue weighted by atomic mass is 16.6. The molecule has 3 amide bonds. The van der Waals surface area contributed by atoms with Crippen molar-refractivity contribution in [3.63, 3.8) is 0 Å². The molecule has 236 valence electrons. The van der Waals surface area contributed by atoms with E-state index >= 15 is 0 Å². The molecule has 0 aromatic heterocycles. The van der Waals surface area contributed by atoms with Gasteiger partial charge in [0.15, 0.2) is 11.5 Å². The molecule has 0 spiro atoms. The summed E-state index contributed by atoms with van der Waals surface area (Å²) in [4.78, 5) is 41.4. The predicted molar refractivity (Wildman–Crippen MR) is 168 cm³/mol. The minimum absolute atomic E-state index is 0.00436. The molecule has 0 aliphatic carbocycles. The second-order valence-electron chi connectivity index (χ2n) is 12.2. The van der Waals surface area contributed by atoms with Crippen molar-refractivity contribution in [2.45, 2.75) is 85.0 Å². The Bertz CT molecular complexity index is 1270. The molecule has 1 aliphatic rings. The Balaban J connectivity index is 1.77. The van der Waals surface area contributed by atoms with Crippen molar-refractivity contribution in [1.82, 2.24) is 10.2 Å². The van der Waals surface area contributed by atoms with Crippen molar-refractivity contribution in [3.05, 3.63) is 53.1 Å². The zero-order chi connectivity index (χ0) is 31.7. The molecule has 0 saturated heterocycles. The van der Waals surface area contributed by atoms with Gasteiger partial charge in [-0.2, -0.15) is 0 Å². The first kappa shape index (κ1) is 33.6. The Morgan fingerprint density at radius 3 is 2.42 bits per heavy atom. The van der Waals surface area contributed by atoms with Crippen molar-refractivity contribution in [1.29, 1.82) is 0 Å². The van der Waals surface area contributed by atoms with Gasteiger partial charge in [0, 0.05) is 32.6 Å². The van der Waals surface area contributed by atoms with Crippen molar-refractivity contribution in [2.24, 2.45) is 5.73 Å². The highest BCUT2D eigenvalue weighted by Gasteiger charge is 2.29. The molecule has 2 aromatic carbocycles. The van der Waals surface area contributed by atoms with Crippen LogP contribution < -0.4 is 25.4 Å². The van der Waals surface area contributed by atoms with Gasteiger partial charge in [0.2, 0.25) is 5.91 Å². The van der Waals surface area contributed by atoms with Crippen LogP contribution in [0.5, 0.6) is 11.5 Å². The summed E-state index contributed by atoms with van der Waals surface area (Å²) in [5, 5.41) is 2.64. The molecule has 0 radical (unpaired) electrons. The Kier molecular flexibility index (Phi) is 11.7. The van der Waals surface area contributed by atoms with Crippen LogP contribution in [-0.2, 0) is 22.4 Å². The van der Waals surface area contributed by atoms with E-state index < -0.39 is 17.6 Å². The van der Waals surface area contributed by atoms with E-state index in [9.17, 15) is 14.4 Å². The highest BCUT2D eigenvalue weighted by molar-refractivity contribution is 6.00. The third-order valence-corrected chi connectivity index (χ3v) is 7.08. The van der Waals surface area contributed by atoms with Crippen LogP contribution in [0.3, 0.4) is 0 Å². The van der Waals surface area contributed by atoms with E-state index in [-0.39, 0.29) is 24.7 Å². The number of rotatable bonds is 14. The molecule has 0 fully saturated rings. The van der Waals surface area contributed by atoms with E-state index in [0.717, 1.165) is 29.8 Å². The fraction of sp³-hybridized carbons (Fsp3) is 0.545. The number of carbonyl (C=O) groups is 3. The number of fused-ring (bicyclic) bond motifs is 1. The zero-order valence-corrected chi connectivity index (χ0v) is 26.7. The standard InChI is InChI=1S/C33H48N4O6/c1-22(2)42-28-12-9-8-11-27(28)41-18-17-37(32(40)43-33(4,5)6)23(3)19-24-20-25-14-16-36(15-10-13-29(38)35-7)30(25)26(21-24)31(34)39/h8-9,11-12,20-23H,10,13-19H2,1-7H3,(H2,34,39)(H,35,38). The SMILES string of the molecule is CNC(=O)CCCN1CCc2cc(CC(C)N(CCOc3ccccc3OC(C)C)C(=O)OC(C)(C)C)cc(C(N)=O)c21. The molecule has 1 unspecified atom stereocenters. The summed E-state index contributed by atoms with van der Waals surface area (Å²) in [5.74, 6) is 0.752. The third kappa shape index (κ3) is 9.80. The lowest BCUT2D eigenvalue weighted by Gasteiger charge is -2.32. The largest absolute Gasteiger partial charge is 0.488 e. The van der Waals surface area contributed by atoms with Gasteiger partial charge in [-0.25, -0.2) is 4.79 Å². The monoisotopic (exact) mass is 596 g/mol. The van der Waals surface area contributed by atoms with Gasteiger partial charge >= 0.3 is 6.09 Å². The first-order chi connectivity index (χ1) is 20.3. The molecular weight excluding hydrogens is 548 g/mol. The Morgan fingerprint density at radius 1 is 1.09 bits per heavy atom. The molecule has 1 heterocycles. The minimum atomic E-state index is -0.665. The second-order valence-corrected chi connectivity index (χ2v) is 12.2. The number of benzene rings is 2. The number of anilines is 1. The van der Waals surface area contributed by atoms with Gasteiger partial charge in [-0.3, -0.25) is 9.59 Å². The number of primary amides is 1.